The Hall–Kier alpha value is -1.99. The molecule has 0 aromatic carbocycles. The van der Waals surface area contributed by atoms with Gasteiger partial charge in [-0.1, -0.05) is 0 Å². The van der Waals surface area contributed by atoms with Crippen LogP contribution in [-0.4, -0.2) is 83.2 Å². The van der Waals surface area contributed by atoms with Crippen molar-refractivity contribution in [3.8, 4) is 0 Å². The van der Waals surface area contributed by atoms with Gasteiger partial charge in [0.1, 0.15) is 24.6 Å². The molecule has 2 aromatic rings. The van der Waals surface area contributed by atoms with E-state index in [-0.39, 0.29) is 0 Å². The van der Waals surface area contributed by atoms with Crippen molar-refractivity contribution in [2.24, 2.45) is 5.73 Å². The number of aromatic nitrogens is 4. The Labute approximate surface area is 165 Å². The Balaban J connectivity index is 1.66. The molecule has 12 heteroatoms. The van der Waals surface area contributed by atoms with Gasteiger partial charge in [-0.25, -0.2) is 15.0 Å². The third-order valence-corrected chi connectivity index (χ3v) is 5.58. The van der Waals surface area contributed by atoms with Crippen molar-refractivity contribution in [2.75, 3.05) is 23.4 Å². The topological polar surface area (TPSA) is 169 Å². The van der Waals surface area contributed by atoms with Crippen molar-refractivity contribution < 1.29 is 24.9 Å². The van der Waals surface area contributed by atoms with Crippen LogP contribution in [0.5, 0.6) is 0 Å². The third kappa shape index (κ3) is 4.20. The number of ether oxygens (including phenoxy) is 1. The van der Waals surface area contributed by atoms with Crippen molar-refractivity contribution in [1.82, 2.24) is 19.5 Å². The number of carbonyl (C=O) groups is 1. The number of aliphatic hydroxyl groups excluding tert-OH is 2. The van der Waals surface area contributed by atoms with E-state index in [2.05, 4.69) is 20.3 Å². The van der Waals surface area contributed by atoms with Crippen molar-refractivity contribution in [1.29, 1.82) is 0 Å². The van der Waals surface area contributed by atoms with Gasteiger partial charge in [0.25, 0.3) is 0 Å². The minimum absolute atomic E-state index is 0.311. The van der Waals surface area contributed by atoms with Gasteiger partial charge < -0.3 is 31.1 Å². The zero-order chi connectivity index (χ0) is 20.3. The summed E-state index contributed by atoms with van der Waals surface area (Å²) < 4.78 is 7.45. The van der Waals surface area contributed by atoms with Crippen molar-refractivity contribution >= 4 is 34.7 Å². The van der Waals surface area contributed by atoms with Crippen LogP contribution in [0, 0.1) is 0 Å². The number of imidazole rings is 1. The fourth-order valence-corrected chi connectivity index (χ4v) is 4.06. The van der Waals surface area contributed by atoms with E-state index in [4.69, 9.17) is 15.6 Å². The van der Waals surface area contributed by atoms with E-state index in [1.165, 1.54) is 24.4 Å². The van der Waals surface area contributed by atoms with Crippen LogP contribution in [0.1, 0.15) is 19.6 Å². The molecule has 0 radical (unpaired) electrons. The smallest absolute Gasteiger partial charge is 0.320 e. The van der Waals surface area contributed by atoms with E-state index in [0.29, 0.717) is 41.5 Å². The summed E-state index contributed by atoms with van der Waals surface area (Å²) in [5.41, 5.74) is 6.51. The minimum Gasteiger partial charge on any atom is -0.480 e. The van der Waals surface area contributed by atoms with Gasteiger partial charge in [0.2, 0.25) is 0 Å². The summed E-state index contributed by atoms with van der Waals surface area (Å²) in [6.07, 6.45) is -0.474. The number of carboxylic acids is 1. The molecule has 154 valence electrons. The number of thioether (sulfide) groups is 1. The summed E-state index contributed by atoms with van der Waals surface area (Å²) in [5, 5.41) is 32.7. The lowest BCUT2D eigenvalue weighted by Gasteiger charge is -2.16. The molecule has 6 N–H and O–H groups in total. The number of fused-ring (bicyclic) bond motifs is 1. The molecule has 1 aliphatic rings. The molecule has 2 aromatic heterocycles. The fourth-order valence-electron chi connectivity index (χ4n) is 2.96. The number of rotatable bonds is 9. The minimum atomic E-state index is -1.15. The first-order chi connectivity index (χ1) is 13.4. The molecule has 0 saturated carbocycles. The monoisotopic (exact) mass is 412 g/mol. The number of hydrogen-bond donors (Lipinski definition) is 5. The maximum absolute atomic E-state index is 10.7. The second-order valence-electron chi connectivity index (χ2n) is 6.43. The van der Waals surface area contributed by atoms with Crippen LogP contribution in [0.4, 0.5) is 5.82 Å². The van der Waals surface area contributed by atoms with Gasteiger partial charge in [0.05, 0.1) is 12.4 Å². The van der Waals surface area contributed by atoms with Gasteiger partial charge in [0.15, 0.2) is 23.2 Å². The summed E-state index contributed by atoms with van der Waals surface area (Å²) in [7, 11) is 0. The average molecular weight is 412 g/mol. The number of nitrogens with two attached hydrogens (primary N) is 1. The highest BCUT2D eigenvalue weighted by Crippen LogP contribution is 2.33. The number of hydrogen-bond acceptors (Lipinski definition) is 10. The molecule has 1 saturated heterocycles. The van der Waals surface area contributed by atoms with E-state index < -0.39 is 36.6 Å². The molecule has 5 atom stereocenters. The standard InChI is InChI=1S/C16H24N6O5S/c1-2-18-13-10-14(20-6-19-13)22(7-21-10)15-12(24)11(23)9(27-15)5-28-4-3-8(17)16(25)26/h6-9,11-12,15,23-24H,2-5,17H2,1H3,(H,25,26)(H,18,19,20)/t8?,9-,11-,12-,15-/m1/s1. The lowest BCUT2D eigenvalue weighted by Crippen LogP contribution is -2.33. The molecule has 0 aliphatic carbocycles. The Kier molecular flexibility index (Phi) is 6.67. The van der Waals surface area contributed by atoms with E-state index in [1.54, 1.807) is 4.57 Å². The normalized spacial score (nSPS) is 25.9. The Morgan fingerprint density at radius 3 is 2.89 bits per heavy atom. The van der Waals surface area contributed by atoms with Gasteiger partial charge in [-0.05, 0) is 19.1 Å². The van der Waals surface area contributed by atoms with Crippen LogP contribution in [-0.2, 0) is 9.53 Å². The summed E-state index contributed by atoms with van der Waals surface area (Å²) >= 11 is 1.41. The lowest BCUT2D eigenvalue weighted by atomic mass is 10.1. The molecule has 1 fully saturated rings. The van der Waals surface area contributed by atoms with Crippen LogP contribution in [0.25, 0.3) is 11.2 Å². The van der Waals surface area contributed by atoms with E-state index in [0.717, 1.165) is 0 Å². The van der Waals surface area contributed by atoms with E-state index in [9.17, 15) is 15.0 Å². The third-order valence-electron chi connectivity index (χ3n) is 4.49. The summed E-state index contributed by atoms with van der Waals surface area (Å²) in [6, 6.07) is -0.914. The molecular weight excluding hydrogens is 388 g/mol. The second-order valence-corrected chi connectivity index (χ2v) is 7.58. The summed E-state index contributed by atoms with van der Waals surface area (Å²) in [5.74, 6) is 0.444. The van der Waals surface area contributed by atoms with Gasteiger partial charge in [0, 0.05) is 12.3 Å². The Morgan fingerprint density at radius 1 is 1.39 bits per heavy atom. The number of aliphatic carboxylic acids is 1. The molecule has 28 heavy (non-hydrogen) atoms. The summed E-state index contributed by atoms with van der Waals surface area (Å²) in [4.78, 5) is 23.4. The van der Waals surface area contributed by atoms with E-state index >= 15 is 0 Å². The van der Waals surface area contributed by atoms with Crippen LogP contribution in [0.3, 0.4) is 0 Å². The number of anilines is 1. The molecular formula is C16H24N6O5S. The first kappa shape index (κ1) is 20.7. The zero-order valence-corrected chi connectivity index (χ0v) is 16.1. The maximum Gasteiger partial charge on any atom is 0.320 e. The lowest BCUT2D eigenvalue weighted by molar-refractivity contribution is -0.138. The molecule has 0 bridgehead atoms. The van der Waals surface area contributed by atoms with Gasteiger partial charge >= 0.3 is 5.97 Å². The zero-order valence-electron chi connectivity index (χ0n) is 15.3. The molecule has 1 unspecified atom stereocenters. The second kappa shape index (κ2) is 9.01. The van der Waals surface area contributed by atoms with Crippen molar-refractivity contribution in [3.05, 3.63) is 12.7 Å². The van der Waals surface area contributed by atoms with Gasteiger partial charge in [-0.15, -0.1) is 0 Å². The van der Waals surface area contributed by atoms with E-state index in [1.807, 2.05) is 6.92 Å². The highest BCUT2D eigenvalue weighted by molar-refractivity contribution is 7.99. The molecule has 3 heterocycles. The maximum atomic E-state index is 10.7. The van der Waals surface area contributed by atoms with Crippen LogP contribution in [0.15, 0.2) is 12.7 Å². The van der Waals surface area contributed by atoms with Crippen LogP contribution < -0.4 is 11.1 Å². The number of nitrogens with zero attached hydrogens (tertiary/aromatic N) is 4. The fraction of sp³-hybridized carbons (Fsp3) is 0.625. The first-order valence-electron chi connectivity index (χ1n) is 8.93. The summed E-state index contributed by atoms with van der Waals surface area (Å²) in [6.45, 7) is 2.61. The number of carboxylic acid groups (broad SMARTS) is 1. The van der Waals surface area contributed by atoms with Crippen molar-refractivity contribution in [2.45, 2.75) is 43.9 Å². The predicted octanol–water partition coefficient (Wildman–Crippen LogP) is -0.587. The van der Waals surface area contributed by atoms with Crippen LogP contribution in [0.2, 0.25) is 0 Å². The Morgan fingerprint density at radius 2 is 2.18 bits per heavy atom. The SMILES string of the molecule is CCNc1ncnc2c1ncn2[C@@H]1O[C@H](CSCCC(N)C(=O)O)[C@@H](O)[C@H]1O. The quantitative estimate of drug-likeness (QED) is 0.334. The number of aliphatic hydroxyl groups is 2. The van der Waals surface area contributed by atoms with Gasteiger partial charge in [-0.2, -0.15) is 11.8 Å². The molecule has 3 rings (SSSR count). The molecule has 0 spiro atoms. The largest absolute Gasteiger partial charge is 0.480 e. The average Bonchev–Trinajstić information content (AvgIpc) is 3.22. The molecule has 0 amide bonds. The van der Waals surface area contributed by atoms with Crippen LogP contribution >= 0.6 is 11.8 Å². The van der Waals surface area contributed by atoms with Gasteiger partial charge in [-0.3, -0.25) is 9.36 Å². The highest BCUT2D eigenvalue weighted by atomic mass is 32.2. The number of nitrogens with one attached hydrogen (secondary N) is 1. The highest BCUT2D eigenvalue weighted by Gasteiger charge is 2.44. The molecule has 11 nitrogen and oxygen atoms in total. The Bertz CT molecular complexity index is 820. The first-order valence-corrected chi connectivity index (χ1v) is 10.1. The molecule has 1 aliphatic heterocycles. The predicted molar refractivity (Wildman–Crippen MR) is 103 cm³/mol. The van der Waals surface area contributed by atoms with Crippen molar-refractivity contribution in [3.63, 3.8) is 0 Å².